The van der Waals surface area contributed by atoms with Gasteiger partial charge in [0.25, 0.3) is 0 Å². The maximum Gasteiger partial charge on any atom is 0.212 e. The molecule has 0 atom stereocenters. The molecule has 0 aliphatic heterocycles. The molecule has 0 aliphatic rings. The fourth-order valence-corrected chi connectivity index (χ4v) is 2.67. The van der Waals surface area contributed by atoms with Crippen molar-refractivity contribution in [1.29, 1.82) is 0 Å². The molecule has 1 aromatic carbocycles. The third-order valence-electron chi connectivity index (χ3n) is 2.72. The van der Waals surface area contributed by atoms with E-state index in [1.165, 1.54) is 0 Å². The van der Waals surface area contributed by atoms with Crippen LogP contribution in [0.25, 0.3) is 22.6 Å². The van der Waals surface area contributed by atoms with Gasteiger partial charge in [-0.1, -0.05) is 34.4 Å². The normalized spacial score (nSPS) is 10.9. The minimum absolute atomic E-state index is 0.233. The van der Waals surface area contributed by atoms with E-state index in [4.69, 9.17) is 37.9 Å². The van der Waals surface area contributed by atoms with Gasteiger partial charge in [0.15, 0.2) is 16.2 Å². The van der Waals surface area contributed by atoms with E-state index in [9.17, 15) is 0 Å². The van der Waals surface area contributed by atoms with Gasteiger partial charge in [-0.2, -0.15) is 0 Å². The Balaban J connectivity index is 2.21. The van der Waals surface area contributed by atoms with Gasteiger partial charge in [-0.15, -0.1) is 0 Å². The van der Waals surface area contributed by atoms with Crippen LogP contribution >= 0.6 is 39.1 Å². The number of furan rings is 1. The van der Waals surface area contributed by atoms with Crippen LogP contribution in [0.4, 0.5) is 5.82 Å². The Hall–Kier alpha value is -1.43. The van der Waals surface area contributed by atoms with Crippen LogP contribution in [0.3, 0.4) is 0 Å². The highest BCUT2D eigenvalue weighted by molar-refractivity contribution is 9.10. The van der Waals surface area contributed by atoms with Crippen LogP contribution in [-0.4, -0.2) is 5.16 Å². The number of nitrogens with zero attached hydrogens (tertiary/aromatic N) is 1. The van der Waals surface area contributed by atoms with E-state index < -0.39 is 0 Å². The molecular formula is C13H7BrCl2N2O2. The fraction of sp³-hybridized carbons (Fsp3) is 0. The van der Waals surface area contributed by atoms with Crippen molar-refractivity contribution in [1.82, 2.24) is 5.16 Å². The van der Waals surface area contributed by atoms with Crippen LogP contribution in [0.1, 0.15) is 0 Å². The number of benzene rings is 1. The minimum atomic E-state index is 0.233. The molecule has 3 aromatic rings. The van der Waals surface area contributed by atoms with E-state index >= 15 is 0 Å². The molecule has 2 heterocycles. The standard InChI is InChI=1S/C13H7BrCl2N2O2/c14-10-4-3-9(19-10)12-11(13(17)18-20-12)7-2-1-6(15)5-8(7)16/h1-5H,(H2,17,18). The molecule has 0 saturated carbocycles. The molecule has 2 aromatic heterocycles. The first kappa shape index (κ1) is 13.5. The number of halogens is 3. The highest BCUT2D eigenvalue weighted by Crippen LogP contribution is 2.41. The largest absolute Gasteiger partial charge is 0.446 e. The Bertz CT molecular complexity index is 783. The molecule has 0 unspecified atom stereocenters. The van der Waals surface area contributed by atoms with Gasteiger partial charge in [0.2, 0.25) is 5.76 Å². The zero-order valence-electron chi connectivity index (χ0n) is 9.86. The quantitative estimate of drug-likeness (QED) is 0.665. The van der Waals surface area contributed by atoms with Crippen molar-refractivity contribution >= 4 is 44.9 Å². The Kier molecular flexibility index (Phi) is 3.50. The third kappa shape index (κ3) is 2.32. The summed E-state index contributed by atoms with van der Waals surface area (Å²) in [6, 6.07) is 8.61. The lowest BCUT2D eigenvalue weighted by molar-refractivity contribution is 0.419. The van der Waals surface area contributed by atoms with Crippen molar-refractivity contribution < 1.29 is 8.94 Å². The summed E-state index contributed by atoms with van der Waals surface area (Å²) in [4.78, 5) is 0. The second-order valence-corrected chi connectivity index (χ2v) is 5.63. The second-order valence-electron chi connectivity index (χ2n) is 4.00. The van der Waals surface area contributed by atoms with Gasteiger partial charge in [0.1, 0.15) is 0 Å². The number of rotatable bonds is 2. The zero-order valence-corrected chi connectivity index (χ0v) is 13.0. The maximum atomic E-state index is 6.21. The van der Waals surface area contributed by atoms with Gasteiger partial charge in [0.05, 0.1) is 10.6 Å². The molecule has 0 fully saturated rings. The summed E-state index contributed by atoms with van der Waals surface area (Å²) in [5, 5.41) is 4.77. The van der Waals surface area contributed by atoms with E-state index in [0.29, 0.717) is 37.4 Å². The van der Waals surface area contributed by atoms with E-state index in [0.717, 1.165) is 0 Å². The molecule has 0 radical (unpaired) electrons. The summed E-state index contributed by atoms with van der Waals surface area (Å²) in [5.41, 5.74) is 7.13. The molecule has 2 N–H and O–H groups in total. The van der Waals surface area contributed by atoms with Crippen LogP contribution in [0.5, 0.6) is 0 Å². The van der Waals surface area contributed by atoms with E-state index in [-0.39, 0.29) is 5.82 Å². The van der Waals surface area contributed by atoms with Gasteiger partial charge < -0.3 is 14.7 Å². The van der Waals surface area contributed by atoms with Gasteiger partial charge >= 0.3 is 0 Å². The molecule has 0 amide bonds. The SMILES string of the molecule is Nc1noc(-c2ccc(Br)o2)c1-c1ccc(Cl)cc1Cl. The van der Waals surface area contributed by atoms with Crippen LogP contribution in [0.15, 0.2) is 43.9 Å². The molecule has 20 heavy (non-hydrogen) atoms. The van der Waals surface area contributed by atoms with Crippen molar-refractivity contribution in [2.75, 3.05) is 5.73 Å². The number of nitrogens with two attached hydrogens (primary N) is 1. The fourth-order valence-electron chi connectivity index (χ4n) is 1.86. The number of hydrogen-bond acceptors (Lipinski definition) is 4. The third-order valence-corrected chi connectivity index (χ3v) is 3.69. The Morgan fingerprint density at radius 2 is 1.95 bits per heavy atom. The van der Waals surface area contributed by atoms with E-state index in [1.54, 1.807) is 30.3 Å². The molecule has 0 saturated heterocycles. The number of anilines is 1. The van der Waals surface area contributed by atoms with Crippen LogP contribution in [0.2, 0.25) is 10.0 Å². The Morgan fingerprint density at radius 1 is 1.15 bits per heavy atom. The molecular weight excluding hydrogens is 367 g/mol. The predicted octanol–water partition coefficient (Wildman–Crippen LogP) is 5.25. The lowest BCUT2D eigenvalue weighted by atomic mass is 10.0. The summed E-state index contributed by atoms with van der Waals surface area (Å²) < 4.78 is 11.3. The molecule has 0 aliphatic carbocycles. The first-order chi connectivity index (χ1) is 9.56. The van der Waals surface area contributed by atoms with Gasteiger partial charge in [-0.05, 0) is 40.2 Å². The van der Waals surface area contributed by atoms with Crippen molar-refractivity contribution in [2.24, 2.45) is 0 Å². The summed E-state index contributed by atoms with van der Waals surface area (Å²) in [7, 11) is 0. The lowest BCUT2D eigenvalue weighted by Crippen LogP contribution is -1.89. The Morgan fingerprint density at radius 3 is 2.60 bits per heavy atom. The summed E-state index contributed by atoms with van der Waals surface area (Å²) in [5.74, 6) is 1.15. The molecule has 7 heteroatoms. The number of hydrogen-bond donors (Lipinski definition) is 1. The smallest absolute Gasteiger partial charge is 0.212 e. The summed E-state index contributed by atoms with van der Waals surface area (Å²) in [6.45, 7) is 0. The zero-order chi connectivity index (χ0) is 14.3. The highest BCUT2D eigenvalue weighted by Gasteiger charge is 2.22. The highest BCUT2D eigenvalue weighted by atomic mass is 79.9. The first-order valence-corrected chi connectivity index (χ1v) is 7.07. The van der Waals surface area contributed by atoms with Gasteiger partial charge in [-0.3, -0.25) is 0 Å². The van der Waals surface area contributed by atoms with Crippen molar-refractivity contribution in [3.8, 4) is 22.6 Å². The summed E-state index contributed by atoms with van der Waals surface area (Å²) >= 11 is 15.3. The van der Waals surface area contributed by atoms with Gasteiger partial charge in [-0.25, -0.2) is 0 Å². The lowest BCUT2D eigenvalue weighted by Gasteiger charge is -2.04. The molecule has 0 bridgehead atoms. The number of aromatic nitrogens is 1. The van der Waals surface area contributed by atoms with Crippen molar-refractivity contribution in [3.05, 3.63) is 45.0 Å². The van der Waals surface area contributed by atoms with Crippen molar-refractivity contribution in [3.63, 3.8) is 0 Å². The van der Waals surface area contributed by atoms with Crippen LogP contribution in [0, 0.1) is 0 Å². The topological polar surface area (TPSA) is 65.2 Å². The summed E-state index contributed by atoms with van der Waals surface area (Å²) in [6.07, 6.45) is 0. The molecule has 3 rings (SSSR count). The average molecular weight is 374 g/mol. The minimum Gasteiger partial charge on any atom is -0.446 e. The number of nitrogen functional groups attached to an aromatic ring is 1. The average Bonchev–Trinajstić information content (AvgIpc) is 2.96. The molecule has 102 valence electrons. The van der Waals surface area contributed by atoms with Crippen LogP contribution in [-0.2, 0) is 0 Å². The van der Waals surface area contributed by atoms with Gasteiger partial charge in [0, 0.05) is 10.6 Å². The van der Waals surface area contributed by atoms with E-state index in [2.05, 4.69) is 21.1 Å². The molecule has 0 spiro atoms. The maximum absolute atomic E-state index is 6.21. The second kappa shape index (κ2) is 5.16. The van der Waals surface area contributed by atoms with Crippen molar-refractivity contribution in [2.45, 2.75) is 0 Å². The Labute approximate surface area is 132 Å². The van der Waals surface area contributed by atoms with E-state index in [1.807, 2.05) is 0 Å². The molecule has 4 nitrogen and oxygen atoms in total. The predicted molar refractivity (Wildman–Crippen MR) is 81.8 cm³/mol. The first-order valence-electron chi connectivity index (χ1n) is 5.52. The van der Waals surface area contributed by atoms with Crippen LogP contribution < -0.4 is 5.73 Å². The monoisotopic (exact) mass is 372 g/mol.